The summed E-state index contributed by atoms with van der Waals surface area (Å²) in [6.07, 6.45) is 8.08. The molecule has 0 saturated heterocycles. The van der Waals surface area contributed by atoms with Crippen LogP contribution in [0.3, 0.4) is 0 Å². The first-order chi connectivity index (χ1) is 11.7. The van der Waals surface area contributed by atoms with E-state index in [-0.39, 0.29) is 0 Å². The molecular weight excluding hydrogens is 322 g/mol. The Balaban J connectivity index is 1.65. The summed E-state index contributed by atoms with van der Waals surface area (Å²) in [5.41, 5.74) is 3.01. The highest BCUT2D eigenvalue weighted by molar-refractivity contribution is 7.18. The predicted molar refractivity (Wildman–Crippen MR) is 95.8 cm³/mol. The lowest BCUT2D eigenvalue weighted by molar-refractivity contribution is -0.131. The number of carbonyl (C=O) groups is 1. The van der Waals surface area contributed by atoms with E-state index >= 15 is 0 Å². The van der Waals surface area contributed by atoms with Gasteiger partial charge in [0.1, 0.15) is 0 Å². The van der Waals surface area contributed by atoms with Gasteiger partial charge in [-0.25, -0.2) is 9.78 Å². The van der Waals surface area contributed by atoms with Crippen LogP contribution in [0.25, 0.3) is 16.5 Å². The largest absolute Gasteiger partial charge is 0.478 e. The van der Waals surface area contributed by atoms with E-state index in [1.54, 1.807) is 29.8 Å². The van der Waals surface area contributed by atoms with Crippen LogP contribution >= 0.6 is 11.3 Å². The van der Waals surface area contributed by atoms with Gasteiger partial charge in [-0.05, 0) is 41.0 Å². The summed E-state index contributed by atoms with van der Waals surface area (Å²) in [5.74, 6) is -0.954. The highest BCUT2D eigenvalue weighted by atomic mass is 32.1. The molecular formula is C18H15N3O2S. The van der Waals surface area contributed by atoms with E-state index in [4.69, 9.17) is 5.11 Å². The Morgan fingerprint density at radius 3 is 2.88 bits per heavy atom. The van der Waals surface area contributed by atoms with Gasteiger partial charge in [0, 0.05) is 31.2 Å². The minimum Gasteiger partial charge on any atom is -0.478 e. The van der Waals surface area contributed by atoms with Crippen molar-refractivity contribution in [3.05, 3.63) is 72.2 Å². The molecule has 6 heteroatoms. The van der Waals surface area contributed by atoms with Crippen molar-refractivity contribution in [3.63, 3.8) is 0 Å². The lowest BCUT2D eigenvalue weighted by Crippen LogP contribution is -1.98. The van der Waals surface area contributed by atoms with Gasteiger partial charge in [-0.15, -0.1) is 0 Å². The molecule has 5 nitrogen and oxygen atoms in total. The third kappa shape index (κ3) is 4.27. The quantitative estimate of drug-likeness (QED) is 0.667. The van der Waals surface area contributed by atoms with Crippen molar-refractivity contribution >= 4 is 28.5 Å². The molecule has 0 saturated carbocycles. The van der Waals surface area contributed by atoms with Crippen molar-refractivity contribution in [2.75, 3.05) is 5.32 Å². The molecule has 0 radical (unpaired) electrons. The fraction of sp³-hybridized carbons (Fsp3) is 0.0556. The number of rotatable bonds is 6. The Labute approximate surface area is 143 Å². The van der Waals surface area contributed by atoms with E-state index in [2.05, 4.69) is 15.3 Å². The summed E-state index contributed by atoms with van der Waals surface area (Å²) in [5, 5.41) is 12.8. The lowest BCUT2D eigenvalue weighted by Gasteiger charge is -2.04. The van der Waals surface area contributed by atoms with Crippen LogP contribution < -0.4 is 5.32 Å². The molecule has 0 aliphatic carbocycles. The number of pyridine rings is 1. The Kier molecular flexibility index (Phi) is 4.98. The number of carboxylic acids is 1. The number of benzene rings is 1. The zero-order valence-electron chi connectivity index (χ0n) is 12.7. The molecule has 0 unspecified atom stereocenters. The zero-order chi connectivity index (χ0) is 16.8. The third-order valence-corrected chi connectivity index (χ3v) is 4.29. The second-order valence-corrected chi connectivity index (χ2v) is 6.07. The number of nitrogens with one attached hydrogen (secondary N) is 1. The third-order valence-electron chi connectivity index (χ3n) is 3.28. The van der Waals surface area contributed by atoms with Crippen molar-refractivity contribution in [2.24, 2.45) is 0 Å². The van der Waals surface area contributed by atoms with Crippen molar-refractivity contribution in [1.82, 2.24) is 9.97 Å². The molecule has 1 aromatic carbocycles. The number of aliphatic carboxylic acids is 1. The van der Waals surface area contributed by atoms with Crippen LogP contribution in [0.15, 0.2) is 61.1 Å². The van der Waals surface area contributed by atoms with E-state index in [0.717, 1.165) is 32.8 Å². The van der Waals surface area contributed by atoms with E-state index in [1.807, 2.05) is 42.6 Å². The highest BCUT2D eigenvalue weighted by Crippen LogP contribution is 2.28. The van der Waals surface area contributed by atoms with Crippen LogP contribution in [0.4, 0.5) is 5.13 Å². The molecule has 0 amide bonds. The molecule has 0 aliphatic heterocycles. The van der Waals surface area contributed by atoms with Gasteiger partial charge < -0.3 is 10.4 Å². The standard InChI is InChI=1S/C18H15N3O2S/c22-17(23)5-4-13-2-1-3-14(10-13)11-20-18-21-12-16(24-18)15-6-8-19-9-7-15/h1-10,12H,11H2,(H,20,21)(H,22,23). The number of thiazole rings is 1. The molecule has 2 heterocycles. The van der Waals surface area contributed by atoms with Gasteiger partial charge in [0.05, 0.1) is 4.88 Å². The second-order valence-electron chi connectivity index (χ2n) is 5.04. The average molecular weight is 337 g/mol. The first kappa shape index (κ1) is 15.9. The minimum absolute atomic E-state index is 0.623. The first-order valence-corrected chi connectivity index (χ1v) is 8.12. The van der Waals surface area contributed by atoms with Gasteiger partial charge in [0.15, 0.2) is 5.13 Å². The molecule has 3 rings (SSSR count). The Hall–Kier alpha value is -2.99. The fourth-order valence-corrected chi connectivity index (χ4v) is 2.97. The molecule has 0 atom stereocenters. The molecule has 2 aromatic heterocycles. The summed E-state index contributed by atoms with van der Waals surface area (Å²) in [6.45, 7) is 0.623. The molecule has 2 N–H and O–H groups in total. The van der Waals surface area contributed by atoms with E-state index in [1.165, 1.54) is 0 Å². The Bertz CT molecular complexity index is 859. The predicted octanol–water partition coefficient (Wildman–Crippen LogP) is 3.92. The maximum atomic E-state index is 10.6. The molecule has 0 fully saturated rings. The molecule has 3 aromatic rings. The van der Waals surface area contributed by atoms with E-state index in [9.17, 15) is 4.79 Å². The van der Waals surface area contributed by atoms with Crippen molar-refractivity contribution in [2.45, 2.75) is 6.54 Å². The van der Waals surface area contributed by atoms with E-state index < -0.39 is 5.97 Å². The normalized spacial score (nSPS) is 10.8. The summed E-state index contributed by atoms with van der Waals surface area (Å²) >= 11 is 1.58. The Morgan fingerprint density at radius 2 is 2.08 bits per heavy atom. The molecule has 0 spiro atoms. The maximum absolute atomic E-state index is 10.6. The van der Waals surface area contributed by atoms with Crippen molar-refractivity contribution in [1.29, 1.82) is 0 Å². The maximum Gasteiger partial charge on any atom is 0.328 e. The topological polar surface area (TPSA) is 75.1 Å². The van der Waals surface area contributed by atoms with Crippen molar-refractivity contribution in [3.8, 4) is 10.4 Å². The van der Waals surface area contributed by atoms with Crippen LogP contribution in [-0.4, -0.2) is 21.0 Å². The van der Waals surface area contributed by atoms with Gasteiger partial charge in [-0.1, -0.05) is 29.5 Å². The minimum atomic E-state index is -0.954. The number of hydrogen-bond acceptors (Lipinski definition) is 5. The van der Waals surface area contributed by atoms with Gasteiger partial charge in [0.2, 0.25) is 0 Å². The van der Waals surface area contributed by atoms with Crippen LogP contribution in [-0.2, 0) is 11.3 Å². The monoisotopic (exact) mass is 337 g/mol. The summed E-state index contributed by atoms with van der Waals surface area (Å²) in [4.78, 5) is 20.1. The molecule has 24 heavy (non-hydrogen) atoms. The smallest absolute Gasteiger partial charge is 0.328 e. The molecule has 120 valence electrons. The number of carboxylic acid groups (broad SMARTS) is 1. The summed E-state index contributed by atoms with van der Waals surface area (Å²) < 4.78 is 0. The zero-order valence-corrected chi connectivity index (χ0v) is 13.5. The second kappa shape index (κ2) is 7.52. The number of aromatic nitrogens is 2. The number of hydrogen-bond donors (Lipinski definition) is 2. The highest BCUT2D eigenvalue weighted by Gasteiger charge is 2.04. The van der Waals surface area contributed by atoms with E-state index in [0.29, 0.717) is 6.54 Å². The van der Waals surface area contributed by atoms with Crippen LogP contribution in [0.5, 0.6) is 0 Å². The van der Waals surface area contributed by atoms with Gasteiger partial charge >= 0.3 is 5.97 Å². The molecule has 0 aliphatic rings. The molecule has 0 bridgehead atoms. The first-order valence-electron chi connectivity index (χ1n) is 7.31. The van der Waals surface area contributed by atoms with Crippen molar-refractivity contribution < 1.29 is 9.90 Å². The number of anilines is 1. The number of nitrogens with zero attached hydrogens (tertiary/aromatic N) is 2. The fourth-order valence-electron chi connectivity index (χ4n) is 2.16. The van der Waals surface area contributed by atoms with Gasteiger partial charge in [0.25, 0.3) is 0 Å². The van der Waals surface area contributed by atoms with Crippen LogP contribution in [0.2, 0.25) is 0 Å². The Morgan fingerprint density at radius 1 is 1.25 bits per heavy atom. The van der Waals surface area contributed by atoms with Crippen LogP contribution in [0.1, 0.15) is 11.1 Å². The average Bonchev–Trinajstić information content (AvgIpc) is 3.08. The lowest BCUT2D eigenvalue weighted by atomic mass is 10.1. The SMILES string of the molecule is O=C(O)C=Cc1cccc(CNc2ncc(-c3ccncc3)s2)c1. The van der Waals surface area contributed by atoms with Crippen LogP contribution in [0, 0.1) is 0 Å². The summed E-state index contributed by atoms with van der Waals surface area (Å²) in [7, 11) is 0. The van der Waals surface area contributed by atoms with Gasteiger partial charge in [-0.3, -0.25) is 4.98 Å². The summed E-state index contributed by atoms with van der Waals surface area (Å²) in [6, 6.07) is 11.6. The van der Waals surface area contributed by atoms with Gasteiger partial charge in [-0.2, -0.15) is 0 Å².